The van der Waals surface area contributed by atoms with Crippen LogP contribution in [-0.2, 0) is 9.59 Å². The lowest BCUT2D eigenvalue weighted by Gasteiger charge is -2.17. The average molecular weight is 353 g/mol. The summed E-state index contributed by atoms with van der Waals surface area (Å²) in [6.45, 7) is 2.35. The van der Waals surface area contributed by atoms with Gasteiger partial charge in [-0.2, -0.15) is 0 Å². The van der Waals surface area contributed by atoms with E-state index in [1.165, 1.54) is 9.80 Å². The molecule has 1 heterocycles. The van der Waals surface area contributed by atoms with Crippen molar-refractivity contribution in [1.82, 2.24) is 15.1 Å². The number of fused-ring (bicyclic) bond motifs is 1. The van der Waals surface area contributed by atoms with Gasteiger partial charge in [-0.25, -0.2) is 4.79 Å². The summed E-state index contributed by atoms with van der Waals surface area (Å²) in [5.74, 6) is -0.292. The van der Waals surface area contributed by atoms with Crippen LogP contribution in [0.5, 0.6) is 0 Å². The highest BCUT2D eigenvalue weighted by Crippen LogP contribution is 2.24. The molecule has 136 valence electrons. The number of likely N-dealkylation sites (N-methyl/N-ethyl adjacent to an activating group) is 1. The minimum atomic E-state index is -0.292. The van der Waals surface area contributed by atoms with Gasteiger partial charge in [-0.15, -0.1) is 0 Å². The third-order valence-corrected chi connectivity index (χ3v) is 4.68. The fourth-order valence-corrected chi connectivity index (χ4v) is 3.31. The Hall–Kier alpha value is -2.89. The van der Waals surface area contributed by atoms with E-state index in [-0.39, 0.29) is 43.4 Å². The van der Waals surface area contributed by atoms with E-state index >= 15 is 0 Å². The minimum absolute atomic E-state index is 0.0853. The van der Waals surface area contributed by atoms with E-state index in [0.29, 0.717) is 6.42 Å². The molecule has 1 N–H and O–H groups in total. The molecule has 1 unspecified atom stereocenters. The van der Waals surface area contributed by atoms with E-state index in [1.54, 1.807) is 7.05 Å². The average Bonchev–Trinajstić information content (AvgIpc) is 2.87. The Bertz CT molecular complexity index is 844. The third kappa shape index (κ3) is 3.69. The van der Waals surface area contributed by atoms with Crippen molar-refractivity contribution in [2.45, 2.75) is 25.8 Å². The van der Waals surface area contributed by atoms with Crippen LogP contribution in [0, 0.1) is 0 Å². The third-order valence-electron chi connectivity index (χ3n) is 4.68. The van der Waals surface area contributed by atoms with E-state index in [9.17, 15) is 14.4 Å². The Labute approximate surface area is 152 Å². The van der Waals surface area contributed by atoms with Gasteiger partial charge >= 0.3 is 6.03 Å². The van der Waals surface area contributed by atoms with Crippen LogP contribution in [-0.4, -0.2) is 47.8 Å². The van der Waals surface area contributed by atoms with Crippen LogP contribution >= 0.6 is 0 Å². The summed E-state index contributed by atoms with van der Waals surface area (Å²) in [5, 5.41) is 5.27. The zero-order valence-corrected chi connectivity index (χ0v) is 15.1. The molecule has 1 fully saturated rings. The van der Waals surface area contributed by atoms with Crippen LogP contribution in [0.3, 0.4) is 0 Å². The van der Waals surface area contributed by atoms with E-state index in [2.05, 4.69) is 23.5 Å². The van der Waals surface area contributed by atoms with Crippen LogP contribution in [0.1, 0.15) is 31.4 Å². The molecule has 1 aliphatic heterocycles. The molecular formula is C20H23N3O3. The molecule has 0 saturated carbocycles. The Morgan fingerprint density at radius 3 is 2.62 bits per heavy atom. The molecule has 0 aromatic heterocycles. The number of carbonyl (C=O) groups is 3. The fraction of sp³-hybridized carbons (Fsp3) is 0.350. The normalized spacial score (nSPS) is 15.6. The molecule has 6 heteroatoms. The quantitative estimate of drug-likeness (QED) is 0.812. The van der Waals surface area contributed by atoms with Gasteiger partial charge in [0.1, 0.15) is 6.54 Å². The van der Waals surface area contributed by atoms with Gasteiger partial charge in [0.05, 0.1) is 6.04 Å². The highest BCUT2D eigenvalue weighted by molar-refractivity contribution is 6.01. The maximum atomic E-state index is 12.3. The molecule has 2 aromatic carbocycles. The van der Waals surface area contributed by atoms with Gasteiger partial charge in [0, 0.05) is 20.0 Å². The summed E-state index contributed by atoms with van der Waals surface area (Å²) in [5.41, 5.74) is 1.07. The maximum absolute atomic E-state index is 12.3. The second kappa shape index (κ2) is 7.56. The molecule has 26 heavy (non-hydrogen) atoms. The summed E-state index contributed by atoms with van der Waals surface area (Å²) in [6.07, 6.45) is 0.731. The molecule has 1 atom stereocenters. The number of benzene rings is 2. The summed E-state index contributed by atoms with van der Waals surface area (Å²) in [4.78, 5) is 38.4. The summed E-state index contributed by atoms with van der Waals surface area (Å²) in [6, 6.07) is 13.7. The molecule has 3 rings (SSSR count). The lowest BCUT2D eigenvalue weighted by molar-refractivity contribution is -0.126. The van der Waals surface area contributed by atoms with E-state index in [4.69, 9.17) is 0 Å². The van der Waals surface area contributed by atoms with Crippen molar-refractivity contribution in [1.29, 1.82) is 0 Å². The van der Waals surface area contributed by atoms with E-state index < -0.39 is 0 Å². The molecule has 1 aliphatic rings. The molecule has 0 aliphatic carbocycles. The fourth-order valence-electron chi connectivity index (χ4n) is 3.31. The maximum Gasteiger partial charge on any atom is 0.326 e. The summed E-state index contributed by atoms with van der Waals surface area (Å²) < 4.78 is 0. The number of hydrogen-bond donors (Lipinski definition) is 1. The number of imide groups is 1. The number of nitrogens with zero attached hydrogens (tertiary/aromatic N) is 2. The van der Waals surface area contributed by atoms with Gasteiger partial charge in [-0.05, 0) is 29.7 Å². The second-order valence-electron chi connectivity index (χ2n) is 6.65. The summed E-state index contributed by atoms with van der Waals surface area (Å²) in [7, 11) is 1.60. The molecule has 0 spiro atoms. The van der Waals surface area contributed by atoms with Crippen LogP contribution in [0.15, 0.2) is 42.5 Å². The smallest absolute Gasteiger partial charge is 0.326 e. The highest BCUT2D eigenvalue weighted by atomic mass is 16.2. The van der Waals surface area contributed by atoms with Gasteiger partial charge in [0.25, 0.3) is 0 Å². The first-order chi connectivity index (χ1) is 12.5. The number of amides is 4. The standard InChI is InChI=1S/C20H23N3O3/c1-14(16-10-5-8-15-7-3-4-9-17(15)16)21-18(24)11-6-12-23-19(25)13-22(2)20(23)26/h3-5,7-10,14H,6,11-13H2,1-2H3,(H,21,24). The number of nitrogens with one attached hydrogen (secondary N) is 1. The van der Waals surface area contributed by atoms with Gasteiger partial charge < -0.3 is 10.2 Å². The summed E-state index contributed by atoms with van der Waals surface area (Å²) >= 11 is 0. The lowest BCUT2D eigenvalue weighted by Crippen LogP contribution is -2.33. The lowest BCUT2D eigenvalue weighted by atomic mass is 9.99. The molecule has 4 amide bonds. The molecule has 1 saturated heterocycles. The Balaban J connectivity index is 1.55. The topological polar surface area (TPSA) is 69.7 Å². The van der Waals surface area contributed by atoms with Crippen molar-refractivity contribution < 1.29 is 14.4 Å². The van der Waals surface area contributed by atoms with Gasteiger partial charge in [-0.3, -0.25) is 14.5 Å². The largest absolute Gasteiger partial charge is 0.350 e. The van der Waals surface area contributed by atoms with Crippen molar-refractivity contribution in [2.75, 3.05) is 20.1 Å². The van der Waals surface area contributed by atoms with Crippen molar-refractivity contribution in [3.05, 3.63) is 48.0 Å². The predicted molar refractivity (Wildman–Crippen MR) is 99.5 cm³/mol. The second-order valence-corrected chi connectivity index (χ2v) is 6.65. The van der Waals surface area contributed by atoms with Crippen molar-refractivity contribution in [3.63, 3.8) is 0 Å². The monoisotopic (exact) mass is 353 g/mol. The zero-order valence-electron chi connectivity index (χ0n) is 15.1. The van der Waals surface area contributed by atoms with Crippen LogP contribution < -0.4 is 5.32 Å². The molecule has 6 nitrogen and oxygen atoms in total. The van der Waals surface area contributed by atoms with Crippen molar-refractivity contribution in [3.8, 4) is 0 Å². The first kappa shape index (κ1) is 17.9. The molecular weight excluding hydrogens is 330 g/mol. The molecule has 0 bridgehead atoms. The first-order valence-corrected chi connectivity index (χ1v) is 8.80. The number of carbonyl (C=O) groups excluding carboxylic acids is 3. The molecule has 0 radical (unpaired) electrons. The van der Waals surface area contributed by atoms with E-state index in [0.717, 1.165) is 16.3 Å². The van der Waals surface area contributed by atoms with Gasteiger partial charge in [-0.1, -0.05) is 42.5 Å². The Morgan fingerprint density at radius 2 is 1.88 bits per heavy atom. The van der Waals surface area contributed by atoms with Crippen molar-refractivity contribution in [2.24, 2.45) is 0 Å². The van der Waals surface area contributed by atoms with Gasteiger partial charge in [0.2, 0.25) is 11.8 Å². The Kier molecular flexibility index (Phi) is 5.21. The number of urea groups is 1. The highest BCUT2D eigenvalue weighted by Gasteiger charge is 2.32. The van der Waals surface area contributed by atoms with Crippen molar-refractivity contribution >= 4 is 28.6 Å². The van der Waals surface area contributed by atoms with E-state index in [1.807, 2.05) is 31.2 Å². The zero-order chi connectivity index (χ0) is 18.7. The molecule has 2 aromatic rings. The Morgan fingerprint density at radius 1 is 1.15 bits per heavy atom. The predicted octanol–water partition coefficient (Wildman–Crippen LogP) is 2.69. The SMILES string of the molecule is CC(NC(=O)CCCN1C(=O)CN(C)C1=O)c1cccc2ccccc12. The number of rotatable bonds is 6. The minimum Gasteiger partial charge on any atom is -0.350 e. The van der Waals surface area contributed by atoms with Crippen LogP contribution in [0.2, 0.25) is 0 Å². The van der Waals surface area contributed by atoms with Crippen LogP contribution in [0.4, 0.5) is 4.79 Å². The number of hydrogen-bond acceptors (Lipinski definition) is 3. The van der Waals surface area contributed by atoms with Gasteiger partial charge in [0.15, 0.2) is 0 Å². The van der Waals surface area contributed by atoms with Crippen LogP contribution in [0.25, 0.3) is 10.8 Å². The first-order valence-electron chi connectivity index (χ1n) is 8.80.